The van der Waals surface area contributed by atoms with E-state index in [0.29, 0.717) is 11.6 Å². The highest BCUT2D eigenvalue weighted by Gasteiger charge is 2.50. The molecule has 0 saturated heterocycles. The number of hydrogen-bond acceptors (Lipinski definition) is 2. The van der Waals surface area contributed by atoms with Gasteiger partial charge in [-0.25, -0.2) is 0 Å². The first-order chi connectivity index (χ1) is 12.8. The molecule has 2 fully saturated rings. The summed E-state index contributed by atoms with van der Waals surface area (Å²) in [4.78, 5) is 0. The van der Waals surface area contributed by atoms with Crippen LogP contribution in [0.2, 0.25) is 0 Å². The van der Waals surface area contributed by atoms with Gasteiger partial charge in [-0.05, 0) is 57.0 Å². The van der Waals surface area contributed by atoms with Crippen molar-refractivity contribution in [3.63, 3.8) is 0 Å². The van der Waals surface area contributed by atoms with E-state index in [1.54, 1.807) is 0 Å². The van der Waals surface area contributed by atoms with Crippen molar-refractivity contribution in [3.8, 4) is 0 Å². The molecule has 0 aliphatic heterocycles. The Morgan fingerprint density at radius 3 is 1.77 bits per heavy atom. The highest BCUT2D eigenvalue weighted by Crippen LogP contribution is 2.47. The monoisotopic (exact) mass is 364 g/mol. The van der Waals surface area contributed by atoms with Crippen molar-refractivity contribution in [1.82, 2.24) is 10.6 Å². The summed E-state index contributed by atoms with van der Waals surface area (Å²) in [5.74, 6) is 1.80. The SMILES string of the molecule is CCCCCCCCC(NCC)C(NCC)(C1CCCC1)C1CCCC1. The number of unbranched alkanes of at least 4 members (excludes halogenated alkanes) is 5. The van der Waals surface area contributed by atoms with Crippen LogP contribution < -0.4 is 10.6 Å². The lowest BCUT2D eigenvalue weighted by atomic mass is 9.66. The summed E-state index contributed by atoms with van der Waals surface area (Å²) in [5.41, 5.74) is 0.362. The lowest BCUT2D eigenvalue weighted by Crippen LogP contribution is -2.67. The molecule has 0 amide bonds. The predicted octanol–water partition coefficient (Wildman–Crippen LogP) is 6.44. The zero-order chi connectivity index (χ0) is 18.7. The Morgan fingerprint density at radius 1 is 0.731 bits per heavy atom. The molecule has 26 heavy (non-hydrogen) atoms. The van der Waals surface area contributed by atoms with Crippen LogP contribution in [0.5, 0.6) is 0 Å². The maximum Gasteiger partial charge on any atom is 0.0391 e. The highest BCUT2D eigenvalue weighted by molar-refractivity contribution is 5.09. The lowest BCUT2D eigenvalue weighted by Gasteiger charge is -2.51. The van der Waals surface area contributed by atoms with Gasteiger partial charge in [-0.1, -0.05) is 85.0 Å². The first-order valence-corrected chi connectivity index (χ1v) is 12.3. The Balaban J connectivity index is 2.09. The van der Waals surface area contributed by atoms with Crippen molar-refractivity contribution >= 4 is 0 Å². The quantitative estimate of drug-likeness (QED) is 0.346. The third-order valence-corrected chi connectivity index (χ3v) is 7.42. The number of rotatable bonds is 14. The lowest BCUT2D eigenvalue weighted by molar-refractivity contribution is 0.0739. The van der Waals surface area contributed by atoms with E-state index < -0.39 is 0 Å². The Labute approximate surface area is 164 Å². The Hall–Kier alpha value is -0.0800. The molecule has 2 rings (SSSR count). The minimum absolute atomic E-state index is 0.362. The molecule has 0 spiro atoms. The molecule has 0 aromatic heterocycles. The average molecular weight is 365 g/mol. The summed E-state index contributed by atoms with van der Waals surface area (Å²) < 4.78 is 0. The summed E-state index contributed by atoms with van der Waals surface area (Å²) in [5, 5.41) is 8.17. The Morgan fingerprint density at radius 2 is 1.27 bits per heavy atom. The summed E-state index contributed by atoms with van der Waals surface area (Å²) >= 11 is 0. The van der Waals surface area contributed by atoms with E-state index in [4.69, 9.17) is 0 Å². The van der Waals surface area contributed by atoms with Crippen molar-refractivity contribution in [2.24, 2.45) is 11.8 Å². The second-order valence-electron chi connectivity index (χ2n) is 9.09. The molecule has 2 aliphatic rings. The molecule has 2 aliphatic carbocycles. The minimum atomic E-state index is 0.362. The third kappa shape index (κ3) is 5.71. The smallest absolute Gasteiger partial charge is 0.0391 e. The molecular weight excluding hydrogens is 316 g/mol. The summed E-state index contributed by atoms with van der Waals surface area (Å²) in [6.07, 6.45) is 21.5. The molecule has 1 unspecified atom stereocenters. The molecule has 154 valence electrons. The van der Waals surface area contributed by atoms with E-state index in [-0.39, 0.29) is 0 Å². The van der Waals surface area contributed by atoms with Gasteiger partial charge in [0.15, 0.2) is 0 Å². The molecule has 2 saturated carbocycles. The standard InChI is InChI=1S/C24H48N2/c1-4-7-8-9-10-11-20-23(25-5-2)24(26-6-3,21-16-12-13-17-21)22-18-14-15-19-22/h21-23,25-26H,4-20H2,1-3H3. The van der Waals surface area contributed by atoms with Gasteiger partial charge < -0.3 is 10.6 Å². The first kappa shape index (κ1) is 22.2. The van der Waals surface area contributed by atoms with Crippen molar-refractivity contribution in [3.05, 3.63) is 0 Å². The van der Waals surface area contributed by atoms with Crippen molar-refractivity contribution in [2.75, 3.05) is 13.1 Å². The summed E-state index contributed by atoms with van der Waals surface area (Å²) in [6, 6.07) is 0.671. The minimum Gasteiger partial charge on any atom is -0.312 e. The van der Waals surface area contributed by atoms with Crippen molar-refractivity contribution in [2.45, 2.75) is 129 Å². The van der Waals surface area contributed by atoms with Gasteiger partial charge in [0.05, 0.1) is 0 Å². The molecule has 0 bridgehead atoms. The molecule has 0 aromatic rings. The van der Waals surface area contributed by atoms with Crippen LogP contribution in [0.4, 0.5) is 0 Å². The highest BCUT2D eigenvalue weighted by atomic mass is 15.1. The summed E-state index contributed by atoms with van der Waals surface area (Å²) in [6.45, 7) is 9.22. The van der Waals surface area contributed by atoms with E-state index in [0.717, 1.165) is 24.9 Å². The molecule has 1 atom stereocenters. The maximum atomic E-state index is 4.16. The van der Waals surface area contributed by atoms with Gasteiger partial charge in [0, 0.05) is 11.6 Å². The topological polar surface area (TPSA) is 24.1 Å². The zero-order valence-corrected chi connectivity index (χ0v) is 18.3. The van der Waals surface area contributed by atoms with Gasteiger partial charge in [0.1, 0.15) is 0 Å². The molecular formula is C24H48N2. The fourth-order valence-electron chi connectivity index (χ4n) is 6.31. The van der Waals surface area contributed by atoms with Gasteiger partial charge in [-0.15, -0.1) is 0 Å². The van der Waals surface area contributed by atoms with Gasteiger partial charge in [0.25, 0.3) is 0 Å². The van der Waals surface area contributed by atoms with Gasteiger partial charge in [-0.3, -0.25) is 0 Å². The van der Waals surface area contributed by atoms with E-state index in [2.05, 4.69) is 31.4 Å². The van der Waals surface area contributed by atoms with E-state index in [1.165, 1.54) is 96.3 Å². The maximum absolute atomic E-state index is 4.16. The van der Waals surface area contributed by atoms with Gasteiger partial charge in [0.2, 0.25) is 0 Å². The van der Waals surface area contributed by atoms with E-state index >= 15 is 0 Å². The fraction of sp³-hybridized carbons (Fsp3) is 1.00. The van der Waals surface area contributed by atoms with Crippen LogP contribution in [0.15, 0.2) is 0 Å². The molecule has 2 nitrogen and oxygen atoms in total. The summed E-state index contributed by atoms with van der Waals surface area (Å²) in [7, 11) is 0. The molecule has 0 radical (unpaired) electrons. The van der Waals surface area contributed by atoms with Crippen molar-refractivity contribution < 1.29 is 0 Å². The van der Waals surface area contributed by atoms with E-state index in [9.17, 15) is 0 Å². The molecule has 2 heteroatoms. The fourth-order valence-corrected chi connectivity index (χ4v) is 6.31. The second kappa shape index (κ2) is 12.4. The molecule has 0 aromatic carbocycles. The number of likely N-dealkylation sites (N-methyl/N-ethyl adjacent to an activating group) is 2. The predicted molar refractivity (Wildman–Crippen MR) is 116 cm³/mol. The largest absolute Gasteiger partial charge is 0.312 e. The molecule has 0 heterocycles. The van der Waals surface area contributed by atoms with Crippen molar-refractivity contribution in [1.29, 1.82) is 0 Å². The number of nitrogens with one attached hydrogen (secondary N) is 2. The van der Waals surface area contributed by atoms with Crippen LogP contribution in [-0.4, -0.2) is 24.7 Å². The van der Waals surface area contributed by atoms with Crippen LogP contribution in [0, 0.1) is 11.8 Å². The van der Waals surface area contributed by atoms with Crippen LogP contribution in [-0.2, 0) is 0 Å². The third-order valence-electron chi connectivity index (χ3n) is 7.42. The van der Waals surface area contributed by atoms with Gasteiger partial charge >= 0.3 is 0 Å². The van der Waals surface area contributed by atoms with Crippen LogP contribution >= 0.6 is 0 Å². The Kier molecular flexibility index (Phi) is 10.6. The number of hydrogen-bond donors (Lipinski definition) is 2. The van der Waals surface area contributed by atoms with Gasteiger partial charge in [-0.2, -0.15) is 0 Å². The van der Waals surface area contributed by atoms with Crippen LogP contribution in [0.3, 0.4) is 0 Å². The zero-order valence-electron chi connectivity index (χ0n) is 18.3. The average Bonchev–Trinajstić information content (AvgIpc) is 3.36. The normalized spacial score (nSPS) is 20.9. The molecule has 2 N–H and O–H groups in total. The van der Waals surface area contributed by atoms with Crippen LogP contribution in [0.1, 0.15) is 117 Å². The van der Waals surface area contributed by atoms with E-state index in [1.807, 2.05) is 0 Å². The first-order valence-electron chi connectivity index (χ1n) is 12.3. The Bertz CT molecular complexity index is 326. The second-order valence-corrected chi connectivity index (χ2v) is 9.09. The van der Waals surface area contributed by atoms with Crippen LogP contribution in [0.25, 0.3) is 0 Å².